The van der Waals surface area contributed by atoms with Gasteiger partial charge in [0.05, 0.1) is 22.5 Å². The van der Waals surface area contributed by atoms with Crippen LogP contribution in [0.3, 0.4) is 0 Å². The Morgan fingerprint density at radius 3 is 2.43 bits per heavy atom. The molecule has 2 unspecified atom stereocenters. The molecule has 2 amide bonds. The van der Waals surface area contributed by atoms with Gasteiger partial charge in [-0.2, -0.15) is 0 Å². The van der Waals surface area contributed by atoms with E-state index in [-0.39, 0.29) is 23.7 Å². The Hall–Kier alpha value is -1.55. The van der Waals surface area contributed by atoms with E-state index >= 15 is 0 Å². The number of carbonyl (C=O) groups is 2. The quantitative estimate of drug-likeness (QED) is 0.898. The molecule has 2 saturated carbocycles. The molecule has 2 aliphatic carbocycles. The lowest BCUT2D eigenvalue weighted by Gasteiger charge is -2.11. The van der Waals surface area contributed by atoms with E-state index in [0.717, 1.165) is 12.8 Å². The molecule has 0 saturated heterocycles. The van der Waals surface area contributed by atoms with Gasteiger partial charge in [0.2, 0.25) is 11.8 Å². The molecule has 3 rings (SSSR count). The maximum absolute atomic E-state index is 12.1. The minimum Gasteiger partial charge on any atom is -0.353 e. The Labute approximate surface area is 129 Å². The fourth-order valence-electron chi connectivity index (χ4n) is 2.94. The monoisotopic (exact) mass is 306 g/mol. The highest BCUT2D eigenvalue weighted by molar-refractivity contribution is 6.33. The highest BCUT2D eigenvalue weighted by Crippen LogP contribution is 2.40. The number of benzene rings is 1. The number of rotatable bonds is 4. The Bertz CT molecular complexity index is 555. The van der Waals surface area contributed by atoms with Gasteiger partial charge in [0.15, 0.2) is 0 Å². The lowest BCUT2D eigenvalue weighted by molar-refractivity contribution is -0.125. The summed E-state index contributed by atoms with van der Waals surface area (Å²) < 4.78 is 0. The van der Waals surface area contributed by atoms with Crippen LogP contribution >= 0.6 is 11.6 Å². The predicted molar refractivity (Wildman–Crippen MR) is 82.1 cm³/mol. The molecule has 1 aromatic rings. The summed E-state index contributed by atoms with van der Waals surface area (Å²) in [5.41, 5.74) is 0.603. The molecular weight excluding hydrogens is 288 g/mol. The number of para-hydroxylation sites is 1. The van der Waals surface area contributed by atoms with Gasteiger partial charge in [0.25, 0.3) is 0 Å². The van der Waals surface area contributed by atoms with E-state index in [2.05, 4.69) is 10.6 Å². The highest BCUT2D eigenvalue weighted by atomic mass is 35.5. The largest absolute Gasteiger partial charge is 0.353 e. The highest BCUT2D eigenvalue weighted by Gasteiger charge is 2.48. The van der Waals surface area contributed by atoms with E-state index in [9.17, 15) is 9.59 Å². The van der Waals surface area contributed by atoms with Crippen LogP contribution < -0.4 is 10.6 Å². The number of anilines is 1. The molecule has 112 valence electrons. The summed E-state index contributed by atoms with van der Waals surface area (Å²) in [7, 11) is 0. The Morgan fingerprint density at radius 1 is 1.05 bits per heavy atom. The number of carbonyl (C=O) groups excluding carboxylic acids is 2. The van der Waals surface area contributed by atoms with Crippen LogP contribution in [0.2, 0.25) is 5.02 Å². The molecule has 0 radical (unpaired) electrons. The van der Waals surface area contributed by atoms with Crippen molar-refractivity contribution in [3.63, 3.8) is 0 Å². The first kappa shape index (κ1) is 14.4. The van der Waals surface area contributed by atoms with E-state index in [1.54, 1.807) is 12.1 Å². The summed E-state index contributed by atoms with van der Waals surface area (Å²) in [6, 6.07) is 7.43. The van der Waals surface area contributed by atoms with Crippen LogP contribution in [-0.2, 0) is 9.59 Å². The summed E-state index contributed by atoms with van der Waals surface area (Å²) in [5.74, 6) is -0.480. The van der Waals surface area contributed by atoms with Crippen LogP contribution in [0.5, 0.6) is 0 Å². The Kier molecular flexibility index (Phi) is 4.15. The van der Waals surface area contributed by atoms with Gasteiger partial charge in [-0.3, -0.25) is 9.59 Å². The molecule has 21 heavy (non-hydrogen) atoms. The second-order valence-corrected chi connectivity index (χ2v) is 6.31. The fourth-order valence-corrected chi connectivity index (χ4v) is 3.12. The van der Waals surface area contributed by atoms with E-state index in [1.807, 2.05) is 12.1 Å². The zero-order chi connectivity index (χ0) is 14.8. The van der Waals surface area contributed by atoms with Crippen LogP contribution in [0.4, 0.5) is 5.69 Å². The SMILES string of the molecule is O=C(Nc1ccccc1Cl)C1CC1C(=O)NC1CCCC1. The average Bonchev–Trinajstić information content (AvgIpc) is 3.13. The number of hydrogen-bond donors (Lipinski definition) is 2. The van der Waals surface area contributed by atoms with Crippen molar-refractivity contribution in [2.45, 2.75) is 38.1 Å². The van der Waals surface area contributed by atoms with E-state index in [4.69, 9.17) is 11.6 Å². The van der Waals surface area contributed by atoms with Crippen LogP contribution in [-0.4, -0.2) is 17.9 Å². The molecular formula is C16H19ClN2O2. The lowest BCUT2D eigenvalue weighted by Crippen LogP contribution is -2.34. The second-order valence-electron chi connectivity index (χ2n) is 5.91. The van der Waals surface area contributed by atoms with Gasteiger partial charge in [-0.05, 0) is 31.4 Å². The summed E-state index contributed by atoms with van der Waals surface area (Å²) >= 11 is 6.01. The van der Waals surface area contributed by atoms with Crippen molar-refractivity contribution in [3.8, 4) is 0 Å². The molecule has 1 aromatic carbocycles. The molecule has 5 heteroatoms. The summed E-state index contributed by atoms with van der Waals surface area (Å²) in [6.07, 6.45) is 5.14. The van der Waals surface area contributed by atoms with Gasteiger partial charge in [-0.1, -0.05) is 36.6 Å². The summed E-state index contributed by atoms with van der Waals surface area (Å²) in [5, 5.41) is 6.37. The topological polar surface area (TPSA) is 58.2 Å². The first-order valence-electron chi connectivity index (χ1n) is 7.51. The van der Waals surface area contributed by atoms with Gasteiger partial charge in [0, 0.05) is 6.04 Å². The Morgan fingerprint density at radius 2 is 1.71 bits per heavy atom. The average molecular weight is 307 g/mol. The lowest BCUT2D eigenvalue weighted by atomic mass is 10.2. The van der Waals surface area contributed by atoms with Crippen molar-refractivity contribution in [2.24, 2.45) is 11.8 Å². The van der Waals surface area contributed by atoms with E-state index in [0.29, 0.717) is 23.2 Å². The van der Waals surface area contributed by atoms with Crippen molar-refractivity contribution in [3.05, 3.63) is 29.3 Å². The maximum atomic E-state index is 12.1. The summed E-state index contributed by atoms with van der Waals surface area (Å²) in [4.78, 5) is 24.2. The molecule has 2 fully saturated rings. The van der Waals surface area contributed by atoms with Gasteiger partial charge in [-0.15, -0.1) is 0 Å². The van der Waals surface area contributed by atoms with Crippen molar-refractivity contribution in [2.75, 3.05) is 5.32 Å². The Balaban J connectivity index is 1.51. The van der Waals surface area contributed by atoms with E-state index < -0.39 is 0 Å². The first-order chi connectivity index (χ1) is 10.1. The van der Waals surface area contributed by atoms with Crippen LogP contribution in [0, 0.1) is 11.8 Å². The summed E-state index contributed by atoms with van der Waals surface area (Å²) in [6.45, 7) is 0. The van der Waals surface area contributed by atoms with Crippen LogP contribution in [0.1, 0.15) is 32.1 Å². The number of hydrogen-bond acceptors (Lipinski definition) is 2. The van der Waals surface area contributed by atoms with Crippen molar-refractivity contribution < 1.29 is 9.59 Å². The standard InChI is InChI=1S/C16H19ClN2O2/c17-13-7-3-4-8-14(13)19-16(21)12-9-11(12)15(20)18-10-5-1-2-6-10/h3-4,7-8,10-12H,1-2,5-6,9H2,(H,18,20)(H,19,21). The molecule has 2 atom stereocenters. The molecule has 0 heterocycles. The maximum Gasteiger partial charge on any atom is 0.228 e. The zero-order valence-corrected chi connectivity index (χ0v) is 12.5. The molecule has 0 bridgehead atoms. The van der Waals surface area contributed by atoms with Gasteiger partial charge in [-0.25, -0.2) is 0 Å². The second kappa shape index (κ2) is 6.06. The zero-order valence-electron chi connectivity index (χ0n) is 11.8. The third kappa shape index (κ3) is 3.38. The smallest absolute Gasteiger partial charge is 0.228 e. The van der Waals surface area contributed by atoms with Gasteiger partial charge in [0.1, 0.15) is 0 Å². The van der Waals surface area contributed by atoms with Crippen LogP contribution in [0.25, 0.3) is 0 Å². The molecule has 4 nitrogen and oxygen atoms in total. The van der Waals surface area contributed by atoms with E-state index in [1.165, 1.54) is 12.8 Å². The number of amides is 2. The number of halogens is 1. The minimum atomic E-state index is -0.220. The van der Waals surface area contributed by atoms with Crippen molar-refractivity contribution >= 4 is 29.1 Å². The predicted octanol–water partition coefficient (Wildman–Crippen LogP) is 2.97. The molecule has 2 N–H and O–H groups in total. The molecule has 2 aliphatic rings. The molecule has 0 spiro atoms. The minimum absolute atomic E-state index is 0.0289. The third-order valence-corrected chi connectivity index (χ3v) is 4.63. The fraction of sp³-hybridized carbons (Fsp3) is 0.500. The van der Waals surface area contributed by atoms with Crippen LogP contribution in [0.15, 0.2) is 24.3 Å². The van der Waals surface area contributed by atoms with Crippen molar-refractivity contribution in [1.29, 1.82) is 0 Å². The normalized spacial score (nSPS) is 24.6. The molecule has 0 aliphatic heterocycles. The van der Waals surface area contributed by atoms with Gasteiger partial charge >= 0.3 is 0 Å². The molecule has 0 aromatic heterocycles. The third-order valence-electron chi connectivity index (χ3n) is 4.30. The van der Waals surface area contributed by atoms with Crippen molar-refractivity contribution in [1.82, 2.24) is 5.32 Å². The van der Waals surface area contributed by atoms with Gasteiger partial charge < -0.3 is 10.6 Å². The number of nitrogens with one attached hydrogen (secondary N) is 2. The first-order valence-corrected chi connectivity index (χ1v) is 7.88.